The molecule has 19 heavy (non-hydrogen) atoms. The Hall–Kier alpha value is -0.930. The monoisotopic (exact) mass is 265 g/mol. The van der Waals surface area contributed by atoms with Crippen molar-refractivity contribution in [3.63, 3.8) is 0 Å². The number of nitrogens with two attached hydrogens (primary N) is 1. The number of fused-ring (bicyclic) bond motifs is 1. The molecule has 0 bridgehead atoms. The molecule has 5 atom stereocenters. The molecule has 2 nitrogen and oxygen atoms in total. The van der Waals surface area contributed by atoms with Crippen LogP contribution >= 0.6 is 0 Å². The maximum atomic E-state index is 13.5. The largest absolute Gasteiger partial charge is 0.372 e. The zero-order chi connectivity index (χ0) is 14.2. The zero-order valence-electron chi connectivity index (χ0n) is 12.0. The molecule has 0 saturated heterocycles. The molecule has 3 heteroatoms. The minimum absolute atomic E-state index is 0.115. The van der Waals surface area contributed by atoms with Gasteiger partial charge in [0, 0.05) is 6.04 Å². The number of hydrogen-bond donors (Lipinski definition) is 1. The molecule has 0 aromatic carbocycles. The van der Waals surface area contributed by atoms with Crippen molar-refractivity contribution >= 4 is 0 Å². The fourth-order valence-electron chi connectivity index (χ4n) is 3.11. The highest BCUT2D eigenvalue weighted by Gasteiger charge is 2.58. The van der Waals surface area contributed by atoms with E-state index in [4.69, 9.17) is 10.5 Å². The van der Waals surface area contributed by atoms with Crippen LogP contribution < -0.4 is 5.73 Å². The minimum Gasteiger partial charge on any atom is -0.372 e. The van der Waals surface area contributed by atoms with Gasteiger partial charge >= 0.3 is 0 Å². The predicted octanol–water partition coefficient (Wildman–Crippen LogP) is 3.36. The molecule has 2 aliphatic carbocycles. The third-order valence-corrected chi connectivity index (χ3v) is 4.53. The molecule has 2 fully saturated rings. The molecule has 2 rings (SSSR count). The Morgan fingerprint density at radius 2 is 2.16 bits per heavy atom. The van der Waals surface area contributed by atoms with E-state index in [9.17, 15) is 4.39 Å². The molecule has 2 aliphatic rings. The second-order valence-corrected chi connectivity index (χ2v) is 6.03. The predicted molar refractivity (Wildman–Crippen MR) is 76.2 cm³/mol. The van der Waals surface area contributed by atoms with E-state index in [2.05, 4.69) is 13.5 Å². The molecule has 0 aromatic heterocycles. The van der Waals surface area contributed by atoms with Gasteiger partial charge in [-0.05, 0) is 55.2 Å². The third-order valence-electron chi connectivity index (χ3n) is 4.53. The van der Waals surface area contributed by atoms with Crippen LogP contribution in [0.15, 0.2) is 35.7 Å². The highest BCUT2D eigenvalue weighted by molar-refractivity contribution is 5.28. The summed E-state index contributed by atoms with van der Waals surface area (Å²) in [4.78, 5) is 0. The molecule has 0 aromatic rings. The Labute approximate surface area is 115 Å². The van der Waals surface area contributed by atoms with Gasteiger partial charge in [0.15, 0.2) is 0 Å². The van der Waals surface area contributed by atoms with Crippen LogP contribution in [0.4, 0.5) is 4.39 Å². The van der Waals surface area contributed by atoms with E-state index in [0.29, 0.717) is 18.1 Å². The van der Waals surface area contributed by atoms with Crippen LogP contribution in [0.5, 0.6) is 0 Å². The molecule has 2 saturated carbocycles. The maximum absolute atomic E-state index is 13.5. The van der Waals surface area contributed by atoms with E-state index < -0.39 is 0 Å². The van der Waals surface area contributed by atoms with Crippen LogP contribution in [0.1, 0.15) is 27.2 Å². The number of halogens is 1. The average molecular weight is 265 g/mol. The van der Waals surface area contributed by atoms with Crippen molar-refractivity contribution in [1.82, 2.24) is 0 Å². The van der Waals surface area contributed by atoms with Gasteiger partial charge in [-0.15, -0.1) is 0 Å². The van der Waals surface area contributed by atoms with E-state index in [1.165, 1.54) is 6.08 Å². The van der Waals surface area contributed by atoms with Gasteiger partial charge in [0.25, 0.3) is 0 Å². The Morgan fingerprint density at radius 1 is 1.47 bits per heavy atom. The third kappa shape index (κ3) is 2.98. The van der Waals surface area contributed by atoms with Gasteiger partial charge in [-0.1, -0.05) is 19.6 Å². The van der Waals surface area contributed by atoms with Gasteiger partial charge < -0.3 is 10.5 Å². The first kappa shape index (κ1) is 14.5. The van der Waals surface area contributed by atoms with Gasteiger partial charge in [0.05, 0.1) is 12.7 Å². The zero-order valence-corrected chi connectivity index (χ0v) is 12.0. The average Bonchev–Trinajstić information content (AvgIpc) is 2.86. The Kier molecular flexibility index (Phi) is 4.26. The van der Waals surface area contributed by atoms with E-state index >= 15 is 0 Å². The van der Waals surface area contributed by atoms with Crippen molar-refractivity contribution in [1.29, 1.82) is 0 Å². The molecule has 0 spiro atoms. The number of ether oxygens (including phenoxy) is 1. The lowest BCUT2D eigenvalue weighted by Crippen LogP contribution is -2.36. The summed E-state index contributed by atoms with van der Waals surface area (Å²) in [6, 6.07) is 0.138. The van der Waals surface area contributed by atoms with Crippen LogP contribution in [0.25, 0.3) is 0 Å². The van der Waals surface area contributed by atoms with Crippen molar-refractivity contribution < 1.29 is 9.13 Å². The molecule has 0 aliphatic heterocycles. The van der Waals surface area contributed by atoms with Crippen LogP contribution in [-0.2, 0) is 4.74 Å². The van der Waals surface area contributed by atoms with Crippen molar-refractivity contribution in [2.75, 3.05) is 6.61 Å². The van der Waals surface area contributed by atoms with Crippen molar-refractivity contribution in [3.8, 4) is 0 Å². The van der Waals surface area contributed by atoms with Crippen LogP contribution in [-0.4, -0.2) is 18.8 Å². The smallest absolute Gasteiger partial charge is 0.122 e. The number of hydrogen-bond acceptors (Lipinski definition) is 2. The summed E-state index contributed by atoms with van der Waals surface area (Å²) in [6.45, 7) is 9.84. The van der Waals surface area contributed by atoms with Crippen LogP contribution in [0, 0.1) is 17.8 Å². The first-order valence-electron chi connectivity index (χ1n) is 6.99. The molecule has 0 radical (unpaired) electrons. The lowest BCUT2D eigenvalue weighted by molar-refractivity contribution is 0.0515. The fraction of sp³-hybridized carbons (Fsp3) is 0.625. The highest BCUT2D eigenvalue weighted by Crippen LogP contribution is 2.57. The second-order valence-electron chi connectivity index (χ2n) is 6.03. The second kappa shape index (κ2) is 5.59. The summed E-state index contributed by atoms with van der Waals surface area (Å²) < 4.78 is 19.4. The Balaban J connectivity index is 1.88. The normalized spacial score (nSPS) is 36.9. The van der Waals surface area contributed by atoms with Gasteiger partial charge in [0.1, 0.15) is 5.83 Å². The van der Waals surface area contributed by atoms with E-state index in [1.807, 2.05) is 0 Å². The molecular formula is C16H24FNO. The number of allylic oxidation sites excluding steroid dienone is 3. The number of rotatable bonds is 5. The lowest BCUT2D eigenvalue weighted by atomic mass is 10.1. The quantitative estimate of drug-likeness (QED) is 0.774. The van der Waals surface area contributed by atoms with Gasteiger partial charge in [-0.2, -0.15) is 0 Å². The van der Waals surface area contributed by atoms with Crippen LogP contribution in [0.2, 0.25) is 0 Å². The van der Waals surface area contributed by atoms with Gasteiger partial charge in [-0.25, -0.2) is 4.39 Å². The first-order chi connectivity index (χ1) is 8.95. The highest BCUT2D eigenvalue weighted by atomic mass is 19.1. The SMILES string of the molecule is C=C/C(=C\C(F)=C(C)C)CO[C@@H]1C[C@H]2C(C)C2C1N. The van der Waals surface area contributed by atoms with E-state index in [1.54, 1.807) is 19.9 Å². The molecule has 3 unspecified atom stereocenters. The summed E-state index contributed by atoms with van der Waals surface area (Å²) in [6.07, 6.45) is 4.30. The van der Waals surface area contributed by atoms with Crippen molar-refractivity contribution in [2.24, 2.45) is 23.5 Å². The molecule has 2 N–H and O–H groups in total. The van der Waals surface area contributed by atoms with Crippen LogP contribution in [0.3, 0.4) is 0 Å². The molecule has 0 amide bonds. The summed E-state index contributed by atoms with van der Waals surface area (Å²) >= 11 is 0. The minimum atomic E-state index is -0.217. The van der Waals surface area contributed by atoms with E-state index in [0.717, 1.165) is 23.8 Å². The standard InChI is InChI=1S/C16H24FNO/c1-5-11(6-13(17)9(2)3)8-19-14-7-12-10(4)15(12)16(14)18/h5-6,10,12,14-16H,1,7-8,18H2,2-4H3/b11-6+/t10?,12-,14+,15?,16?/m0/s1. The summed E-state index contributed by atoms with van der Waals surface area (Å²) in [5, 5.41) is 0. The van der Waals surface area contributed by atoms with Crippen molar-refractivity contribution in [2.45, 2.75) is 39.3 Å². The Morgan fingerprint density at radius 3 is 2.63 bits per heavy atom. The topological polar surface area (TPSA) is 35.2 Å². The fourth-order valence-corrected chi connectivity index (χ4v) is 3.11. The van der Waals surface area contributed by atoms with E-state index in [-0.39, 0.29) is 18.0 Å². The first-order valence-corrected chi connectivity index (χ1v) is 6.99. The molecule has 106 valence electrons. The lowest BCUT2D eigenvalue weighted by Gasteiger charge is -2.20. The summed E-state index contributed by atoms with van der Waals surface area (Å²) in [5.41, 5.74) is 7.60. The van der Waals surface area contributed by atoms with Gasteiger partial charge in [-0.3, -0.25) is 0 Å². The summed E-state index contributed by atoms with van der Waals surface area (Å²) in [7, 11) is 0. The van der Waals surface area contributed by atoms with Crippen molar-refractivity contribution in [3.05, 3.63) is 35.7 Å². The maximum Gasteiger partial charge on any atom is 0.122 e. The summed E-state index contributed by atoms with van der Waals surface area (Å²) in [5.74, 6) is 1.92. The Bertz CT molecular complexity index is 422. The van der Waals surface area contributed by atoms with Gasteiger partial charge in [0.2, 0.25) is 0 Å². The molecule has 0 heterocycles. The molecular weight excluding hydrogens is 241 g/mol.